The Hall–Kier alpha value is -0.930. The first-order valence-corrected chi connectivity index (χ1v) is 3.63. The van der Waals surface area contributed by atoms with E-state index < -0.39 is 12.2 Å². The summed E-state index contributed by atoms with van der Waals surface area (Å²) in [5.74, 6) is 0. The largest absolute Gasteiger partial charge is 0.383 e. The fraction of sp³-hybridized carbons (Fsp3) is 0.375. The topological polar surface area (TPSA) is 44.3 Å². The van der Waals surface area contributed by atoms with E-state index >= 15 is 0 Å². The van der Waals surface area contributed by atoms with Crippen molar-refractivity contribution in [1.29, 1.82) is 0 Å². The molecule has 0 aromatic carbocycles. The van der Waals surface area contributed by atoms with Crippen molar-refractivity contribution in [2.75, 3.05) is 0 Å². The summed E-state index contributed by atoms with van der Waals surface area (Å²) in [6, 6.07) is 5.56. The van der Waals surface area contributed by atoms with E-state index in [4.69, 9.17) is 0 Å². The monoisotopic (exact) mass is 152 g/mol. The average Bonchev–Trinajstić information content (AvgIpc) is 2.30. The van der Waals surface area contributed by atoms with Crippen LogP contribution in [0.5, 0.6) is 0 Å². The smallest absolute Gasteiger partial charge is 0.213 e. The van der Waals surface area contributed by atoms with Crippen LogP contribution in [0.15, 0.2) is 24.4 Å². The molecule has 2 N–H and O–H groups in total. The molecule has 0 fully saturated rings. The lowest BCUT2D eigenvalue weighted by Gasteiger charge is -1.98. The van der Waals surface area contributed by atoms with Crippen LogP contribution in [-0.2, 0) is 6.54 Å². The van der Waals surface area contributed by atoms with E-state index in [1.807, 2.05) is 29.0 Å². The highest BCUT2D eigenvalue weighted by atomic mass is 16.3. The molecule has 11 heavy (non-hydrogen) atoms. The van der Waals surface area contributed by atoms with Crippen molar-refractivity contribution in [3.8, 4) is 0 Å². The quantitative estimate of drug-likeness (QED) is 0.487. The third kappa shape index (κ3) is 0.931. The first-order valence-electron chi connectivity index (χ1n) is 3.63. The Labute approximate surface area is 64.5 Å². The summed E-state index contributed by atoms with van der Waals surface area (Å²) in [6.45, 7) is 0.497. The summed E-state index contributed by atoms with van der Waals surface area (Å²) >= 11 is 0. The van der Waals surface area contributed by atoms with E-state index in [-0.39, 0.29) is 0 Å². The molecule has 1 aliphatic rings. The van der Waals surface area contributed by atoms with E-state index in [1.165, 1.54) is 0 Å². The van der Waals surface area contributed by atoms with Crippen LogP contribution < -0.4 is 4.57 Å². The molecule has 3 nitrogen and oxygen atoms in total. The number of fused-ring (bicyclic) bond motifs is 1. The first-order chi connectivity index (χ1) is 5.29. The Morgan fingerprint density at radius 3 is 2.91 bits per heavy atom. The first kappa shape index (κ1) is 6.76. The van der Waals surface area contributed by atoms with Crippen molar-refractivity contribution >= 4 is 0 Å². The van der Waals surface area contributed by atoms with E-state index in [2.05, 4.69) is 0 Å². The molecule has 1 aliphatic heterocycles. The molecule has 0 unspecified atom stereocenters. The van der Waals surface area contributed by atoms with Gasteiger partial charge in [0.2, 0.25) is 5.69 Å². The number of aliphatic hydroxyl groups is 2. The molecule has 1 aromatic rings. The molecule has 0 spiro atoms. The average molecular weight is 152 g/mol. The van der Waals surface area contributed by atoms with Gasteiger partial charge in [-0.15, -0.1) is 0 Å². The highest BCUT2D eigenvalue weighted by molar-refractivity contribution is 5.04. The minimum atomic E-state index is -0.712. The van der Waals surface area contributed by atoms with Crippen molar-refractivity contribution < 1.29 is 14.8 Å². The molecule has 0 saturated carbocycles. The molecular weight excluding hydrogens is 142 g/mol. The molecule has 2 rings (SSSR count). The van der Waals surface area contributed by atoms with Gasteiger partial charge in [0.1, 0.15) is 6.10 Å². The van der Waals surface area contributed by atoms with Crippen LogP contribution in [-0.4, -0.2) is 16.3 Å². The summed E-state index contributed by atoms with van der Waals surface area (Å²) in [7, 11) is 0. The SMILES string of the molecule is O[C@@H]1C[n+]2ccccc2[C@H]1O. The number of hydrogen-bond acceptors (Lipinski definition) is 2. The lowest BCUT2D eigenvalue weighted by molar-refractivity contribution is -0.695. The Bertz CT molecular complexity index is 275. The normalized spacial score (nSPS) is 28.5. The molecule has 58 valence electrons. The lowest BCUT2D eigenvalue weighted by Crippen LogP contribution is -2.34. The van der Waals surface area contributed by atoms with E-state index in [9.17, 15) is 10.2 Å². The second kappa shape index (κ2) is 2.29. The van der Waals surface area contributed by atoms with E-state index in [0.717, 1.165) is 5.69 Å². The zero-order valence-corrected chi connectivity index (χ0v) is 6.01. The Kier molecular flexibility index (Phi) is 1.41. The highest BCUT2D eigenvalue weighted by Gasteiger charge is 2.36. The van der Waals surface area contributed by atoms with Crippen molar-refractivity contribution in [3.63, 3.8) is 0 Å². The number of hydrogen-bond donors (Lipinski definition) is 2. The maximum atomic E-state index is 9.38. The minimum absolute atomic E-state index is 0.497. The molecule has 0 radical (unpaired) electrons. The van der Waals surface area contributed by atoms with Gasteiger partial charge < -0.3 is 10.2 Å². The molecule has 0 amide bonds. The maximum Gasteiger partial charge on any atom is 0.213 e. The standard InChI is InChI=1S/C8H10NO2/c10-7-5-9-4-2-1-3-6(9)8(7)11/h1-4,7-8,10-11H,5H2/q+1/t7-,8-/m1/s1. The van der Waals surface area contributed by atoms with E-state index in [0.29, 0.717) is 6.54 Å². The van der Waals surface area contributed by atoms with Crippen LogP contribution in [0.3, 0.4) is 0 Å². The lowest BCUT2D eigenvalue weighted by atomic mass is 10.2. The van der Waals surface area contributed by atoms with Gasteiger partial charge in [-0.25, -0.2) is 0 Å². The Morgan fingerprint density at radius 2 is 2.18 bits per heavy atom. The molecule has 2 atom stereocenters. The van der Waals surface area contributed by atoms with Gasteiger partial charge in [0, 0.05) is 12.1 Å². The summed E-state index contributed by atoms with van der Waals surface area (Å²) in [5.41, 5.74) is 0.792. The van der Waals surface area contributed by atoms with Crippen molar-refractivity contribution in [1.82, 2.24) is 0 Å². The molecular formula is C8H10NO2+. The molecule has 2 heterocycles. The third-order valence-corrected chi connectivity index (χ3v) is 2.03. The van der Waals surface area contributed by atoms with Gasteiger partial charge in [-0.3, -0.25) is 0 Å². The molecule has 0 aliphatic carbocycles. The van der Waals surface area contributed by atoms with Gasteiger partial charge in [0.15, 0.2) is 18.8 Å². The van der Waals surface area contributed by atoms with Crippen molar-refractivity contribution in [3.05, 3.63) is 30.1 Å². The minimum Gasteiger partial charge on any atom is -0.383 e. The van der Waals surface area contributed by atoms with Gasteiger partial charge in [-0.2, -0.15) is 4.57 Å². The van der Waals surface area contributed by atoms with Crippen LogP contribution in [0.25, 0.3) is 0 Å². The Morgan fingerprint density at radius 1 is 1.36 bits per heavy atom. The summed E-state index contributed by atoms with van der Waals surface area (Å²) in [6.07, 6.45) is 0.503. The highest BCUT2D eigenvalue weighted by Crippen LogP contribution is 2.18. The number of aromatic nitrogens is 1. The zero-order chi connectivity index (χ0) is 7.84. The molecule has 0 bridgehead atoms. The second-order valence-corrected chi connectivity index (χ2v) is 2.79. The fourth-order valence-electron chi connectivity index (χ4n) is 1.42. The van der Waals surface area contributed by atoms with Gasteiger partial charge in [0.05, 0.1) is 0 Å². The van der Waals surface area contributed by atoms with Crippen LogP contribution in [0.2, 0.25) is 0 Å². The van der Waals surface area contributed by atoms with Crippen LogP contribution in [0.1, 0.15) is 11.8 Å². The zero-order valence-electron chi connectivity index (χ0n) is 6.01. The number of aliphatic hydroxyl groups excluding tert-OH is 2. The fourth-order valence-corrected chi connectivity index (χ4v) is 1.42. The summed E-state index contributed by atoms with van der Waals surface area (Å²) in [5, 5.41) is 18.6. The van der Waals surface area contributed by atoms with Crippen LogP contribution in [0.4, 0.5) is 0 Å². The van der Waals surface area contributed by atoms with Gasteiger partial charge in [-0.05, 0) is 0 Å². The predicted molar refractivity (Wildman–Crippen MR) is 37.6 cm³/mol. The predicted octanol–water partition coefficient (Wildman–Crippen LogP) is -0.618. The summed E-state index contributed by atoms with van der Waals surface area (Å²) < 4.78 is 1.86. The maximum absolute atomic E-state index is 9.38. The van der Waals surface area contributed by atoms with Crippen LogP contribution in [0, 0.1) is 0 Å². The summed E-state index contributed by atoms with van der Waals surface area (Å²) in [4.78, 5) is 0. The Balaban J connectivity index is 2.47. The number of pyridine rings is 1. The van der Waals surface area contributed by atoms with Gasteiger partial charge >= 0.3 is 0 Å². The molecule has 0 saturated heterocycles. The number of nitrogens with zero attached hydrogens (tertiary/aromatic N) is 1. The van der Waals surface area contributed by atoms with Crippen LogP contribution >= 0.6 is 0 Å². The molecule has 3 heteroatoms. The van der Waals surface area contributed by atoms with E-state index in [1.54, 1.807) is 0 Å². The van der Waals surface area contributed by atoms with Gasteiger partial charge in [-0.1, -0.05) is 6.07 Å². The third-order valence-electron chi connectivity index (χ3n) is 2.03. The van der Waals surface area contributed by atoms with Crippen molar-refractivity contribution in [2.45, 2.75) is 18.8 Å². The molecule has 1 aromatic heterocycles. The van der Waals surface area contributed by atoms with Crippen molar-refractivity contribution in [2.24, 2.45) is 0 Å². The number of rotatable bonds is 0. The second-order valence-electron chi connectivity index (χ2n) is 2.79. The van der Waals surface area contributed by atoms with Gasteiger partial charge in [0.25, 0.3) is 0 Å².